The number of amides is 2. The molecule has 0 spiro atoms. The Hall–Kier alpha value is -2.45. The van der Waals surface area contributed by atoms with Gasteiger partial charge in [0, 0.05) is 5.56 Å². The van der Waals surface area contributed by atoms with Crippen molar-refractivity contribution >= 4 is 6.03 Å². The lowest BCUT2D eigenvalue weighted by Gasteiger charge is -2.18. The van der Waals surface area contributed by atoms with E-state index in [1.165, 1.54) is 4.90 Å². The van der Waals surface area contributed by atoms with Gasteiger partial charge in [0.25, 0.3) is 0 Å². The van der Waals surface area contributed by atoms with Crippen LogP contribution < -0.4 is 5.32 Å². The number of benzene rings is 1. The van der Waals surface area contributed by atoms with Gasteiger partial charge in [0.1, 0.15) is 6.10 Å². The van der Waals surface area contributed by atoms with Crippen molar-refractivity contribution < 1.29 is 19.2 Å². The molecule has 0 bridgehead atoms. The van der Waals surface area contributed by atoms with Gasteiger partial charge in [-0.1, -0.05) is 35.5 Å². The van der Waals surface area contributed by atoms with E-state index in [1.807, 2.05) is 44.2 Å². The van der Waals surface area contributed by atoms with E-state index in [2.05, 4.69) is 15.5 Å². The Balaban J connectivity index is 1.52. The van der Waals surface area contributed by atoms with Crippen LogP contribution in [0.1, 0.15) is 19.7 Å². The zero-order chi connectivity index (χ0) is 17.8. The molecular formula is C17H22N4O4. The third kappa shape index (κ3) is 4.34. The van der Waals surface area contributed by atoms with Gasteiger partial charge in [-0.25, -0.2) is 4.79 Å². The standard InChI is InChI=1S/C17H22N4O4/c1-11(2)24-14-10-21(9-13(14)22)17(23)18-8-15-19-16(20-25-15)12-6-4-3-5-7-12/h3-7,11,13-14,22H,8-10H2,1-2H3,(H,18,23)/t13-,14-/m0/s1. The van der Waals surface area contributed by atoms with E-state index < -0.39 is 6.10 Å². The topological polar surface area (TPSA) is 101 Å². The third-order valence-corrected chi connectivity index (χ3v) is 3.86. The van der Waals surface area contributed by atoms with Crippen molar-refractivity contribution in [3.8, 4) is 11.4 Å². The van der Waals surface area contributed by atoms with Gasteiger partial charge in [-0.3, -0.25) is 0 Å². The van der Waals surface area contributed by atoms with Gasteiger partial charge in [0.05, 0.1) is 31.8 Å². The lowest BCUT2D eigenvalue weighted by Crippen LogP contribution is -2.39. The quantitative estimate of drug-likeness (QED) is 0.849. The highest BCUT2D eigenvalue weighted by molar-refractivity contribution is 5.74. The number of ether oxygens (including phenoxy) is 1. The van der Waals surface area contributed by atoms with Crippen molar-refractivity contribution in [2.45, 2.75) is 38.7 Å². The number of aliphatic hydroxyl groups is 1. The molecule has 2 atom stereocenters. The van der Waals surface area contributed by atoms with Crippen LogP contribution in [0.4, 0.5) is 4.79 Å². The molecule has 8 heteroatoms. The molecule has 0 aliphatic carbocycles. The highest BCUT2D eigenvalue weighted by Crippen LogP contribution is 2.16. The number of urea groups is 1. The summed E-state index contributed by atoms with van der Waals surface area (Å²) in [6.07, 6.45) is -1.04. The molecule has 134 valence electrons. The normalized spacial score (nSPS) is 20.2. The second-order valence-corrected chi connectivity index (χ2v) is 6.23. The lowest BCUT2D eigenvalue weighted by molar-refractivity contribution is -0.0393. The molecule has 0 unspecified atom stereocenters. The van der Waals surface area contributed by atoms with Crippen molar-refractivity contribution in [1.29, 1.82) is 0 Å². The summed E-state index contributed by atoms with van der Waals surface area (Å²) in [5, 5.41) is 16.6. The molecule has 1 aromatic carbocycles. The second-order valence-electron chi connectivity index (χ2n) is 6.23. The van der Waals surface area contributed by atoms with Crippen LogP contribution in [0, 0.1) is 0 Å². The number of nitrogens with zero attached hydrogens (tertiary/aromatic N) is 3. The predicted molar refractivity (Wildman–Crippen MR) is 89.6 cm³/mol. The van der Waals surface area contributed by atoms with E-state index in [4.69, 9.17) is 9.26 Å². The summed E-state index contributed by atoms with van der Waals surface area (Å²) in [6.45, 7) is 4.51. The van der Waals surface area contributed by atoms with Crippen molar-refractivity contribution in [2.75, 3.05) is 13.1 Å². The number of carbonyl (C=O) groups excluding carboxylic acids is 1. The van der Waals surface area contributed by atoms with Crippen LogP contribution in [-0.2, 0) is 11.3 Å². The molecule has 8 nitrogen and oxygen atoms in total. The number of aliphatic hydroxyl groups excluding tert-OH is 1. The average Bonchev–Trinajstić information content (AvgIpc) is 3.20. The number of carbonyl (C=O) groups is 1. The van der Waals surface area contributed by atoms with Gasteiger partial charge in [-0.15, -0.1) is 0 Å². The minimum atomic E-state index is -0.679. The summed E-state index contributed by atoms with van der Waals surface area (Å²) >= 11 is 0. The van der Waals surface area contributed by atoms with E-state index >= 15 is 0 Å². The number of hydrogen-bond acceptors (Lipinski definition) is 6. The molecule has 3 rings (SSSR count). The Morgan fingerprint density at radius 1 is 1.40 bits per heavy atom. The summed E-state index contributed by atoms with van der Waals surface area (Å²) < 4.78 is 10.8. The van der Waals surface area contributed by atoms with Crippen LogP contribution in [0.2, 0.25) is 0 Å². The summed E-state index contributed by atoms with van der Waals surface area (Å²) in [5.41, 5.74) is 0.847. The largest absolute Gasteiger partial charge is 0.388 e. The average molecular weight is 346 g/mol. The number of nitrogens with one attached hydrogen (secondary N) is 1. The summed E-state index contributed by atoms with van der Waals surface area (Å²) in [7, 11) is 0. The Kier molecular flexibility index (Phi) is 5.30. The third-order valence-electron chi connectivity index (χ3n) is 3.86. The van der Waals surface area contributed by atoms with Gasteiger partial charge in [0.2, 0.25) is 11.7 Å². The molecule has 25 heavy (non-hydrogen) atoms. The fraction of sp³-hybridized carbons (Fsp3) is 0.471. The fourth-order valence-electron chi connectivity index (χ4n) is 2.70. The highest BCUT2D eigenvalue weighted by Gasteiger charge is 2.35. The number of hydrogen-bond donors (Lipinski definition) is 2. The van der Waals surface area contributed by atoms with E-state index in [-0.39, 0.29) is 31.3 Å². The van der Waals surface area contributed by atoms with Crippen LogP contribution in [0.15, 0.2) is 34.9 Å². The summed E-state index contributed by atoms with van der Waals surface area (Å²) in [5.74, 6) is 0.800. The zero-order valence-electron chi connectivity index (χ0n) is 14.3. The minimum absolute atomic E-state index is 0.00235. The molecule has 0 saturated carbocycles. The lowest BCUT2D eigenvalue weighted by atomic mass is 10.2. The second kappa shape index (κ2) is 7.62. The van der Waals surface area contributed by atoms with Gasteiger partial charge in [0.15, 0.2) is 0 Å². The van der Waals surface area contributed by atoms with Crippen molar-refractivity contribution in [3.05, 3.63) is 36.2 Å². The van der Waals surface area contributed by atoms with E-state index in [0.717, 1.165) is 5.56 Å². The van der Waals surface area contributed by atoms with Crippen molar-refractivity contribution in [1.82, 2.24) is 20.4 Å². The van der Waals surface area contributed by atoms with Gasteiger partial charge in [-0.05, 0) is 13.8 Å². The van der Waals surface area contributed by atoms with Crippen molar-refractivity contribution in [3.63, 3.8) is 0 Å². The molecular weight excluding hydrogens is 324 g/mol. The Bertz CT molecular complexity index is 704. The van der Waals surface area contributed by atoms with Crippen LogP contribution in [0.25, 0.3) is 11.4 Å². The van der Waals surface area contributed by atoms with Crippen LogP contribution in [0.5, 0.6) is 0 Å². The first-order chi connectivity index (χ1) is 12.0. The van der Waals surface area contributed by atoms with Gasteiger partial charge < -0.3 is 24.6 Å². The number of likely N-dealkylation sites (tertiary alicyclic amines) is 1. The van der Waals surface area contributed by atoms with E-state index in [9.17, 15) is 9.90 Å². The zero-order valence-corrected chi connectivity index (χ0v) is 14.3. The van der Waals surface area contributed by atoms with Gasteiger partial charge >= 0.3 is 6.03 Å². The number of β-amino-alcohol motifs (C(OH)–C–C–N with tert-alkyl or cyclic N) is 1. The molecule has 0 radical (unpaired) electrons. The first-order valence-electron chi connectivity index (χ1n) is 8.27. The molecule has 2 heterocycles. The Morgan fingerprint density at radius 2 is 2.16 bits per heavy atom. The maximum Gasteiger partial charge on any atom is 0.318 e. The molecule has 2 N–H and O–H groups in total. The molecule has 1 saturated heterocycles. The maximum absolute atomic E-state index is 12.2. The predicted octanol–water partition coefficient (Wildman–Crippen LogP) is 1.42. The smallest absolute Gasteiger partial charge is 0.318 e. The van der Waals surface area contributed by atoms with Crippen molar-refractivity contribution in [2.24, 2.45) is 0 Å². The maximum atomic E-state index is 12.2. The first-order valence-corrected chi connectivity index (χ1v) is 8.27. The minimum Gasteiger partial charge on any atom is -0.388 e. The SMILES string of the molecule is CC(C)O[C@H]1CN(C(=O)NCc2nc(-c3ccccc3)no2)C[C@@H]1O. The van der Waals surface area contributed by atoms with Crippen LogP contribution in [-0.4, -0.2) is 57.6 Å². The highest BCUT2D eigenvalue weighted by atomic mass is 16.5. The number of rotatable bonds is 5. The Morgan fingerprint density at radius 3 is 2.88 bits per heavy atom. The van der Waals surface area contributed by atoms with Crippen LogP contribution in [0.3, 0.4) is 0 Å². The fourth-order valence-corrected chi connectivity index (χ4v) is 2.70. The summed E-state index contributed by atoms with van der Waals surface area (Å²) in [6, 6.07) is 9.16. The van der Waals surface area contributed by atoms with E-state index in [1.54, 1.807) is 0 Å². The molecule has 1 fully saturated rings. The Labute approximate surface area is 145 Å². The first kappa shape index (κ1) is 17.4. The van der Waals surface area contributed by atoms with Gasteiger partial charge in [-0.2, -0.15) is 4.98 Å². The number of aromatic nitrogens is 2. The van der Waals surface area contributed by atoms with Crippen LogP contribution >= 0.6 is 0 Å². The molecule has 2 aromatic rings. The molecule has 1 aliphatic rings. The molecule has 2 amide bonds. The monoisotopic (exact) mass is 346 g/mol. The summed E-state index contributed by atoms with van der Waals surface area (Å²) in [4.78, 5) is 18.0. The van der Waals surface area contributed by atoms with E-state index in [0.29, 0.717) is 18.3 Å². The molecule has 1 aromatic heterocycles. The molecule has 1 aliphatic heterocycles.